The Bertz CT molecular complexity index is 2880. The second kappa shape index (κ2) is 42.1. The van der Waals surface area contributed by atoms with Crippen molar-refractivity contribution in [3.63, 3.8) is 0 Å². The zero-order valence-electron chi connectivity index (χ0n) is 52.0. The normalized spacial score (nSPS) is 10.3. The zero-order chi connectivity index (χ0) is 66.6. The second-order valence-electron chi connectivity index (χ2n) is 22.5. The molecular weight excluding hydrogens is 1400 g/mol. The summed E-state index contributed by atoms with van der Waals surface area (Å²) in [5.74, 6) is -6.53. The van der Waals surface area contributed by atoms with Gasteiger partial charge in [-0.25, -0.2) is 0 Å². The van der Waals surface area contributed by atoms with Crippen LogP contribution in [0.4, 0.5) is 0 Å². The Morgan fingerprint density at radius 2 is 0.237 bits per heavy atom. The van der Waals surface area contributed by atoms with Crippen LogP contribution in [0.2, 0.25) is 0 Å². The van der Waals surface area contributed by atoms with Crippen LogP contribution in [0.3, 0.4) is 0 Å². The van der Waals surface area contributed by atoms with Gasteiger partial charge in [0.2, 0.25) is 0 Å². The molecule has 0 aliphatic heterocycles. The molecule has 8 N–H and O–H groups in total. The molecular formula is C76H80O16Th. The molecule has 0 amide bonds. The van der Waals surface area contributed by atoms with Gasteiger partial charge in [0, 0.05) is 39.9 Å². The molecule has 484 valence electrons. The zero-order valence-corrected chi connectivity index (χ0v) is 56.1. The summed E-state index contributed by atoms with van der Waals surface area (Å²) in [5.41, 5.74) is 16.1. The molecule has 0 saturated heterocycles. The molecule has 8 rings (SSSR count). The van der Waals surface area contributed by atoms with Crippen LogP contribution in [-0.2, 0) is 141 Å². The number of aliphatic carboxylic acids is 8. The molecule has 17 heteroatoms. The first-order chi connectivity index (χ1) is 44.1. The van der Waals surface area contributed by atoms with Crippen LogP contribution in [0.5, 0.6) is 0 Å². The summed E-state index contributed by atoms with van der Waals surface area (Å²) >= 11 is 0. The van der Waals surface area contributed by atoms with Crippen LogP contribution < -0.4 is 0 Å². The number of aryl methyl sites for hydroxylation is 8. The van der Waals surface area contributed by atoms with Crippen LogP contribution in [0, 0.1) is 39.9 Å². The predicted octanol–water partition coefficient (Wildman–Crippen LogP) is 12.5. The fraction of sp³-hybridized carbons (Fsp3) is 0.263. The number of rotatable bonds is 32. The number of carboxylic acid groups (broad SMARTS) is 8. The summed E-state index contributed by atoms with van der Waals surface area (Å²) in [6.07, 6.45) is 11.9. The molecule has 0 atom stereocenters. The van der Waals surface area contributed by atoms with Gasteiger partial charge in [-0.2, -0.15) is 0 Å². The van der Waals surface area contributed by atoms with Gasteiger partial charge in [0.05, 0.1) is 51.4 Å². The molecule has 0 heterocycles. The van der Waals surface area contributed by atoms with E-state index < -0.39 is 47.8 Å². The Balaban J connectivity index is 0.000000263. The molecule has 8 aromatic rings. The van der Waals surface area contributed by atoms with Gasteiger partial charge in [-0.1, -0.05) is 194 Å². The van der Waals surface area contributed by atoms with E-state index in [0.29, 0.717) is 0 Å². The summed E-state index contributed by atoms with van der Waals surface area (Å²) in [4.78, 5) is 85.1. The molecule has 0 bridgehead atoms. The molecule has 0 aliphatic carbocycles. The quantitative estimate of drug-likeness (QED) is 0.0194. The van der Waals surface area contributed by atoms with Gasteiger partial charge >= 0.3 is 47.8 Å². The van der Waals surface area contributed by atoms with Crippen molar-refractivity contribution in [1.29, 1.82) is 0 Å². The summed E-state index contributed by atoms with van der Waals surface area (Å²) in [5, 5.41) is 69.9. The third-order valence-electron chi connectivity index (χ3n) is 14.8. The minimum Gasteiger partial charge on any atom is -0.481 e. The number of hydrogen-bond acceptors (Lipinski definition) is 8. The second-order valence-corrected chi connectivity index (χ2v) is 22.5. The largest absolute Gasteiger partial charge is 0.481 e. The molecule has 16 nitrogen and oxygen atoms in total. The van der Waals surface area contributed by atoms with E-state index in [2.05, 4.69) is 0 Å². The van der Waals surface area contributed by atoms with Crippen molar-refractivity contribution >= 4 is 47.8 Å². The summed E-state index contributed by atoms with van der Waals surface area (Å²) in [6.45, 7) is 0. The van der Waals surface area contributed by atoms with E-state index in [1.807, 2.05) is 194 Å². The molecule has 0 saturated carbocycles. The van der Waals surface area contributed by atoms with E-state index in [1.165, 1.54) is 44.5 Å². The fourth-order valence-corrected chi connectivity index (χ4v) is 9.97. The molecule has 93 heavy (non-hydrogen) atoms. The average Bonchev–Trinajstić information content (AvgIpc) is 2.66. The van der Waals surface area contributed by atoms with Crippen molar-refractivity contribution in [1.82, 2.24) is 0 Å². The molecule has 0 aliphatic rings. The Hall–Kier alpha value is -9.16. The number of carbonyl (C=O) groups is 8. The first-order valence-electron chi connectivity index (χ1n) is 30.5. The van der Waals surface area contributed by atoms with Crippen molar-refractivity contribution in [3.05, 3.63) is 283 Å². The topological polar surface area (TPSA) is 298 Å². The maximum Gasteiger partial charge on any atom is 0.307 e. The summed E-state index contributed by atoms with van der Waals surface area (Å²) in [7, 11) is 0. The number of hydrogen-bond donors (Lipinski definition) is 8. The third kappa shape index (κ3) is 33.7. The minimum absolute atomic E-state index is 0. The van der Waals surface area contributed by atoms with Gasteiger partial charge in [0.15, 0.2) is 0 Å². The Labute approximate surface area is 574 Å². The Morgan fingerprint density at radius 1 is 0.161 bits per heavy atom. The summed E-state index contributed by atoms with van der Waals surface area (Å²) < 4.78 is 0. The van der Waals surface area contributed by atoms with Crippen molar-refractivity contribution in [2.75, 3.05) is 0 Å². The first-order valence-corrected chi connectivity index (χ1v) is 30.5. The van der Waals surface area contributed by atoms with Crippen molar-refractivity contribution in [3.8, 4) is 0 Å². The van der Waals surface area contributed by atoms with Gasteiger partial charge in [0.25, 0.3) is 0 Å². The minimum atomic E-state index is -0.816. The molecule has 8 aromatic carbocycles. The van der Waals surface area contributed by atoms with Crippen LogP contribution in [0.1, 0.15) is 115 Å². The maximum absolute atomic E-state index is 10.6. The maximum atomic E-state index is 10.6. The van der Waals surface area contributed by atoms with E-state index in [1.54, 1.807) is 0 Å². The van der Waals surface area contributed by atoms with Crippen LogP contribution in [0.25, 0.3) is 0 Å². The standard InChI is InChI=1S/4C19H20O4.Th/c4*20-18(21)12-16-8-4-14(5-9-16)2-1-3-15-6-10-17(11-7-15)13-19(22)23;/h4*4-11H,1-3,12-13H2,(H,20,21)(H,22,23);. The number of carboxylic acids is 8. The third-order valence-corrected chi connectivity index (χ3v) is 14.8. The van der Waals surface area contributed by atoms with Gasteiger partial charge in [0.1, 0.15) is 0 Å². The van der Waals surface area contributed by atoms with E-state index in [0.717, 1.165) is 122 Å². The van der Waals surface area contributed by atoms with E-state index in [-0.39, 0.29) is 91.3 Å². The van der Waals surface area contributed by atoms with Crippen molar-refractivity contribution < 1.29 is 119 Å². The monoisotopic (exact) mass is 1480 g/mol. The fourth-order valence-electron chi connectivity index (χ4n) is 9.97. The van der Waals surface area contributed by atoms with Crippen LogP contribution in [-0.4, -0.2) is 88.6 Å². The Kier molecular flexibility index (Phi) is 34.5. The van der Waals surface area contributed by atoms with E-state index in [4.69, 9.17) is 40.9 Å². The van der Waals surface area contributed by atoms with E-state index in [9.17, 15) is 38.4 Å². The van der Waals surface area contributed by atoms with Gasteiger partial charge in [-0.15, -0.1) is 0 Å². The van der Waals surface area contributed by atoms with Gasteiger partial charge in [-0.05, 0) is 166 Å². The van der Waals surface area contributed by atoms with Crippen molar-refractivity contribution in [2.45, 2.75) is 128 Å². The Morgan fingerprint density at radius 3 is 0.312 bits per heavy atom. The SMILES string of the molecule is O=C(O)Cc1ccc(CCCc2ccc(CC(=O)O)cc2)cc1.O=C(O)Cc1ccc(CCCc2ccc(CC(=O)O)cc2)cc1.O=C(O)Cc1ccc(CCCc2ccc(CC(=O)O)cc2)cc1.O=C(O)Cc1ccc(CCCc2ccc(CC(=O)O)cc2)cc1.[Th]. The average molecular weight is 1480 g/mol. The van der Waals surface area contributed by atoms with Crippen molar-refractivity contribution in [2.24, 2.45) is 0 Å². The van der Waals surface area contributed by atoms with E-state index >= 15 is 0 Å². The molecule has 0 unspecified atom stereocenters. The van der Waals surface area contributed by atoms with Gasteiger partial charge in [-0.3, -0.25) is 38.4 Å². The summed E-state index contributed by atoms with van der Waals surface area (Å²) in [6, 6.07) is 61.5. The number of benzene rings is 8. The smallest absolute Gasteiger partial charge is 0.307 e. The van der Waals surface area contributed by atoms with Gasteiger partial charge < -0.3 is 40.9 Å². The van der Waals surface area contributed by atoms with Crippen LogP contribution >= 0.6 is 0 Å². The molecule has 0 fully saturated rings. The van der Waals surface area contributed by atoms with Crippen LogP contribution in [0.15, 0.2) is 194 Å². The predicted molar refractivity (Wildman–Crippen MR) is 350 cm³/mol. The molecule has 0 aromatic heterocycles. The molecule has 0 radical (unpaired) electrons. The first kappa shape index (κ1) is 76.3. The molecule has 0 spiro atoms.